The fourth-order valence-corrected chi connectivity index (χ4v) is 0.596. The third-order valence-electron chi connectivity index (χ3n) is 1.21. The van der Waals surface area contributed by atoms with Gasteiger partial charge in [-0.3, -0.25) is 0 Å². The Bertz CT molecular complexity index is 170. The number of imide groups is 1. The number of amides is 2. The SMILES string of the molecule is CCCCOC(=O)NC(=O)OCC. The molecule has 0 radical (unpaired) electrons. The van der Waals surface area contributed by atoms with Crippen LogP contribution < -0.4 is 5.32 Å². The molecule has 5 nitrogen and oxygen atoms in total. The van der Waals surface area contributed by atoms with E-state index in [1.165, 1.54) is 0 Å². The number of nitrogens with one attached hydrogen (secondary N) is 1. The van der Waals surface area contributed by atoms with Crippen molar-refractivity contribution in [2.24, 2.45) is 0 Å². The summed E-state index contributed by atoms with van der Waals surface area (Å²) in [7, 11) is 0. The second-order valence-corrected chi connectivity index (χ2v) is 2.33. The van der Waals surface area contributed by atoms with E-state index >= 15 is 0 Å². The summed E-state index contributed by atoms with van der Waals surface area (Å²) in [6, 6.07) is 0. The Labute approximate surface area is 77.4 Å². The number of carbonyl (C=O) groups is 2. The predicted molar refractivity (Wildman–Crippen MR) is 46.4 cm³/mol. The van der Waals surface area contributed by atoms with Gasteiger partial charge in [-0.1, -0.05) is 13.3 Å². The number of hydrogen-bond donors (Lipinski definition) is 1. The van der Waals surface area contributed by atoms with Gasteiger partial charge >= 0.3 is 12.2 Å². The highest BCUT2D eigenvalue weighted by molar-refractivity contribution is 5.87. The van der Waals surface area contributed by atoms with Crippen LogP contribution in [0, 0.1) is 0 Å². The second-order valence-electron chi connectivity index (χ2n) is 2.33. The van der Waals surface area contributed by atoms with Gasteiger partial charge in [0.25, 0.3) is 0 Å². The van der Waals surface area contributed by atoms with Crippen LogP contribution in [0.4, 0.5) is 9.59 Å². The van der Waals surface area contributed by atoms with Crippen LogP contribution in [0.2, 0.25) is 0 Å². The zero-order chi connectivity index (χ0) is 10.1. The lowest BCUT2D eigenvalue weighted by atomic mass is 10.4. The molecule has 0 rings (SSSR count). The van der Waals surface area contributed by atoms with Crippen molar-refractivity contribution in [2.45, 2.75) is 26.7 Å². The summed E-state index contributed by atoms with van der Waals surface area (Å²) in [4.78, 5) is 21.4. The van der Waals surface area contributed by atoms with Crippen molar-refractivity contribution >= 4 is 12.2 Å². The average molecular weight is 189 g/mol. The van der Waals surface area contributed by atoms with E-state index in [0.29, 0.717) is 6.61 Å². The van der Waals surface area contributed by atoms with Crippen LogP contribution in [-0.2, 0) is 9.47 Å². The van der Waals surface area contributed by atoms with Gasteiger partial charge in [0, 0.05) is 0 Å². The minimum absolute atomic E-state index is 0.230. The van der Waals surface area contributed by atoms with E-state index in [4.69, 9.17) is 0 Å². The Morgan fingerprint density at radius 2 is 1.77 bits per heavy atom. The summed E-state index contributed by atoms with van der Waals surface area (Å²) < 4.78 is 9.12. The lowest BCUT2D eigenvalue weighted by Gasteiger charge is -2.04. The number of alkyl carbamates (subject to hydrolysis) is 2. The molecular formula is C8H15NO4. The number of hydrogen-bond acceptors (Lipinski definition) is 4. The van der Waals surface area contributed by atoms with Crippen molar-refractivity contribution in [3.05, 3.63) is 0 Å². The highest BCUT2D eigenvalue weighted by atomic mass is 16.6. The Morgan fingerprint density at radius 1 is 1.15 bits per heavy atom. The molecule has 0 unspecified atom stereocenters. The topological polar surface area (TPSA) is 64.6 Å². The first-order valence-corrected chi connectivity index (χ1v) is 4.31. The smallest absolute Gasteiger partial charge is 0.416 e. The molecule has 0 aromatic rings. The first kappa shape index (κ1) is 11.7. The first-order chi connectivity index (χ1) is 6.20. The molecule has 0 aliphatic heterocycles. The summed E-state index contributed by atoms with van der Waals surface area (Å²) in [5.74, 6) is 0. The maximum absolute atomic E-state index is 10.8. The third-order valence-corrected chi connectivity index (χ3v) is 1.21. The summed E-state index contributed by atoms with van der Waals surface area (Å²) in [5.41, 5.74) is 0. The van der Waals surface area contributed by atoms with Gasteiger partial charge in [-0.2, -0.15) is 0 Å². The van der Waals surface area contributed by atoms with E-state index in [0.717, 1.165) is 12.8 Å². The normalized spacial score (nSPS) is 9.08. The highest BCUT2D eigenvalue weighted by Gasteiger charge is 2.07. The molecule has 13 heavy (non-hydrogen) atoms. The van der Waals surface area contributed by atoms with Gasteiger partial charge in [-0.25, -0.2) is 14.9 Å². The molecule has 0 bridgehead atoms. The van der Waals surface area contributed by atoms with Gasteiger partial charge in [0.05, 0.1) is 13.2 Å². The molecule has 0 fully saturated rings. The molecule has 2 amide bonds. The summed E-state index contributed by atoms with van der Waals surface area (Å²) in [5, 5.41) is 1.92. The van der Waals surface area contributed by atoms with E-state index in [-0.39, 0.29) is 6.61 Å². The Kier molecular flexibility index (Phi) is 6.68. The minimum atomic E-state index is -0.774. The summed E-state index contributed by atoms with van der Waals surface area (Å²) in [6.45, 7) is 4.18. The predicted octanol–water partition coefficient (Wildman–Crippen LogP) is 1.67. The van der Waals surface area contributed by atoms with Crippen LogP contribution in [0.25, 0.3) is 0 Å². The van der Waals surface area contributed by atoms with E-state index in [9.17, 15) is 9.59 Å². The number of carbonyl (C=O) groups excluding carboxylic acids is 2. The first-order valence-electron chi connectivity index (χ1n) is 4.31. The van der Waals surface area contributed by atoms with Crippen LogP contribution in [0.1, 0.15) is 26.7 Å². The van der Waals surface area contributed by atoms with Gasteiger partial charge in [-0.15, -0.1) is 0 Å². The van der Waals surface area contributed by atoms with Crippen molar-refractivity contribution in [1.29, 1.82) is 0 Å². The monoisotopic (exact) mass is 189 g/mol. The average Bonchev–Trinajstić information content (AvgIpc) is 2.05. The standard InChI is InChI=1S/C8H15NO4/c1-3-5-6-13-8(11)9-7(10)12-4-2/h3-6H2,1-2H3,(H,9,10,11). The molecule has 0 aromatic heterocycles. The van der Waals surface area contributed by atoms with E-state index in [1.807, 2.05) is 12.2 Å². The van der Waals surface area contributed by atoms with Gasteiger partial charge in [0.15, 0.2) is 0 Å². The quantitative estimate of drug-likeness (QED) is 0.683. The van der Waals surface area contributed by atoms with Crippen molar-refractivity contribution in [2.75, 3.05) is 13.2 Å². The maximum Gasteiger partial charge on any atom is 0.416 e. The maximum atomic E-state index is 10.8. The second kappa shape index (κ2) is 7.39. The molecule has 0 saturated carbocycles. The molecule has 0 saturated heterocycles. The molecule has 76 valence electrons. The summed E-state index contributed by atoms with van der Waals surface area (Å²) in [6.07, 6.45) is 0.194. The zero-order valence-electron chi connectivity index (χ0n) is 7.96. The third kappa shape index (κ3) is 7.11. The number of unbranched alkanes of at least 4 members (excludes halogenated alkanes) is 1. The van der Waals surface area contributed by atoms with E-state index < -0.39 is 12.2 Å². The molecule has 0 aliphatic rings. The fraction of sp³-hybridized carbons (Fsp3) is 0.750. The van der Waals surface area contributed by atoms with Crippen LogP contribution in [0.3, 0.4) is 0 Å². The van der Waals surface area contributed by atoms with Crippen LogP contribution in [-0.4, -0.2) is 25.4 Å². The molecule has 0 spiro atoms. The zero-order valence-corrected chi connectivity index (χ0v) is 7.96. The molecule has 0 atom stereocenters. The lowest BCUT2D eigenvalue weighted by Crippen LogP contribution is -2.31. The van der Waals surface area contributed by atoms with Crippen molar-refractivity contribution in [1.82, 2.24) is 5.32 Å². The van der Waals surface area contributed by atoms with Crippen LogP contribution in [0.5, 0.6) is 0 Å². The van der Waals surface area contributed by atoms with Crippen molar-refractivity contribution in [3.63, 3.8) is 0 Å². The van der Waals surface area contributed by atoms with E-state index in [1.54, 1.807) is 6.92 Å². The molecule has 1 N–H and O–H groups in total. The Balaban J connectivity index is 3.44. The molecule has 0 aromatic carbocycles. The lowest BCUT2D eigenvalue weighted by molar-refractivity contribution is 0.126. The van der Waals surface area contributed by atoms with Gasteiger partial charge in [0.2, 0.25) is 0 Å². The number of ether oxygens (including phenoxy) is 2. The van der Waals surface area contributed by atoms with Crippen molar-refractivity contribution in [3.8, 4) is 0 Å². The number of rotatable bonds is 4. The van der Waals surface area contributed by atoms with Gasteiger partial charge < -0.3 is 9.47 Å². The molecule has 5 heteroatoms. The highest BCUT2D eigenvalue weighted by Crippen LogP contribution is 1.88. The van der Waals surface area contributed by atoms with Gasteiger partial charge in [0.1, 0.15) is 0 Å². The Morgan fingerprint density at radius 3 is 2.31 bits per heavy atom. The largest absolute Gasteiger partial charge is 0.449 e. The van der Waals surface area contributed by atoms with E-state index in [2.05, 4.69) is 9.47 Å². The summed E-state index contributed by atoms with van der Waals surface area (Å²) >= 11 is 0. The fourth-order valence-electron chi connectivity index (χ4n) is 0.596. The Hall–Kier alpha value is -1.26. The van der Waals surface area contributed by atoms with Crippen LogP contribution >= 0.6 is 0 Å². The molecule has 0 aliphatic carbocycles. The molecular weight excluding hydrogens is 174 g/mol. The van der Waals surface area contributed by atoms with Crippen LogP contribution in [0.15, 0.2) is 0 Å². The van der Waals surface area contributed by atoms with Crippen molar-refractivity contribution < 1.29 is 19.1 Å². The molecule has 0 heterocycles. The minimum Gasteiger partial charge on any atom is -0.449 e. The van der Waals surface area contributed by atoms with Gasteiger partial charge in [-0.05, 0) is 13.3 Å².